The molecule has 1 atom stereocenters. The number of hydrogen-bond acceptors (Lipinski definition) is 4. The molecule has 1 aromatic carbocycles. The maximum Gasteiger partial charge on any atom is 0.433 e. The maximum atomic E-state index is 12.9. The Labute approximate surface area is 175 Å². The normalized spacial score (nSPS) is 12.7. The first-order valence-corrected chi connectivity index (χ1v) is 9.47. The number of nitrogens with one attached hydrogen (secondary N) is 1. The Hall–Kier alpha value is -3.75. The van der Waals surface area contributed by atoms with Crippen LogP contribution in [0.25, 0.3) is 16.9 Å². The van der Waals surface area contributed by atoms with E-state index in [-0.39, 0.29) is 5.91 Å². The monoisotopic (exact) mass is 425 g/mol. The summed E-state index contributed by atoms with van der Waals surface area (Å²) in [7, 11) is 0. The molecule has 9 heteroatoms. The van der Waals surface area contributed by atoms with Crippen LogP contribution in [0.3, 0.4) is 0 Å². The number of pyridine rings is 2. The van der Waals surface area contributed by atoms with E-state index in [4.69, 9.17) is 0 Å². The minimum absolute atomic E-state index is 0.364. The van der Waals surface area contributed by atoms with Crippen LogP contribution in [0, 0.1) is 6.92 Å². The first kappa shape index (κ1) is 20.5. The van der Waals surface area contributed by atoms with Gasteiger partial charge in [0.15, 0.2) is 5.65 Å². The number of aryl methyl sites for hydroxylation is 1. The van der Waals surface area contributed by atoms with Crippen LogP contribution in [-0.2, 0) is 6.18 Å². The number of carbonyl (C=O) groups excluding carboxylic acids is 1. The van der Waals surface area contributed by atoms with Gasteiger partial charge < -0.3 is 5.32 Å². The lowest BCUT2D eigenvalue weighted by Gasteiger charge is -2.16. The highest BCUT2D eigenvalue weighted by atomic mass is 19.4. The van der Waals surface area contributed by atoms with Crippen molar-refractivity contribution in [2.24, 2.45) is 0 Å². The number of nitrogens with zero attached hydrogens (tertiary/aromatic N) is 4. The van der Waals surface area contributed by atoms with E-state index in [9.17, 15) is 18.0 Å². The second-order valence-electron chi connectivity index (χ2n) is 7.22. The van der Waals surface area contributed by atoms with E-state index in [2.05, 4.69) is 20.5 Å². The van der Waals surface area contributed by atoms with Crippen molar-refractivity contribution in [1.82, 2.24) is 24.9 Å². The molecule has 0 saturated heterocycles. The molecule has 0 aliphatic rings. The van der Waals surface area contributed by atoms with Gasteiger partial charge in [0.1, 0.15) is 12.0 Å². The van der Waals surface area contributed by atoms with Gasteiger partial charge in [-0.05, 0) is 43.2 Å². The number of aromatic nitrogens is 4. The van der Waals surface area contributed by atoms with Crippen molar-refractivity contribution < 1.29 is 18.0 Å². The molecule has 0 aliphatic carbocycles. The number of amides is 1. The van der Waals surface area contributed by atoms with Gasteiger partial charge in [0.05, 0.1) is 11.7 Å². The molecule has 0 saturated carbocycles. The molecular weight excluding hydrogens is 407 g/mol. The predicted molar refractivity (Wildman–Crippen MR) is 108 cm³/mol. The van der Waals surface area contributed by atoms with Crippen molar-refractivity contribution in [3.05, 3.63) is 83.4 Å². The molecule has 0 radical (unpaired) electrons. The molecule has 3 heterocycles. The van der Waals surface area contributed by atoms with E-state index in [0.29, 0.717) is 16.8 Å². The summed E-state index contributed by atoms with van der Waals surface area (Å²) >= 11 is 0. The van der Waals surface area contributed by atoms with Gasteiger partial charge in [0.2, 0.25) is 0 Å². The lowest BCUT2D eigenvalue weighted by atomic mass is 10.1. The molecule has 1 amide bonds. The second kappa shape index (κ2) is 7.82. The number of halogens is 3. The number of fused-ring (bicyclic) bond motifs is 1. The Balaban J connectivity index is 1.61. The van der Waals surface area contributed by atoms with Crippen LogP contribution in [-0.4, -0.2) is 25.5 Å². The maximum absolute atomic E-state index is 12.9. The highest BCUT2D eigenvalue weighted by molar-refractivity contribution is 5.96. The molecular formula is C22H18F3N5O. The molecule has 0 bridgehead atoms. The van der Waals surface area contributed by atoms with Crippen molar-refractivity contribution >= 4 is 11.6 Å². The number of hydrogen-bond donors (Lipinski definition) is 1. The summed E-state index contributed by atoms with van der Waals surface area (Å²) in [6.45, 7) is 3.66. The molecule has 31 heavy (non-hydrogen) atoms. The smallest absolute Gasteiger partial charge is 0.345 e. The average molecular weight is 425 g/mol. The molecule has 0 spiro atoms. The standard InChI is InChI=1S/C22H18F3N5O/c1-13-3-5-15(6-4-13)18-9-17(10-20-29-27-12-30(18)20)21(31)28-14(2)16-7-8-19(26-11-16)22(23,24)25/h3-12,14H,1-2H3,(H,28,31). The first-order valence-electron chi connectivity index (χ1n) is 9.47. The fourth-order valence-electron chi connectivity index (χ4n) is 3.20. The summed E-state index contributed by atoms with van der Waals surface area (Å²) in [5.74, 6) is -0.383. The zero-order chi connectivity index (χ0) is 22.2. The van der Waals surface area contributed by atoms with Gasteiger partial charge in [0, 0.05) is 11.8 Å². The third-order valence-corrected chi connectivity index (χ3v) is 4.94. The number of rotatable bonds is 4. The van der Waals surface area contributed by atoms with E-state index in [1.54, 1.807) is 29.8 Å². The van der Waals surface area contributed by atoms with E-state index in [1.165, 1.54) is 6.07 Å². The summed E-state index contributed by atoms with van der Waals surface area (Å²) in [4.78, 5) is 16.3. The van der Waals surface area contributed by atoms with Crippen LogP contribution in [0.1, 0.15) is 40.1 Å². The summed E-state index contributed by atoms with van der Waals surface area (Å²) in [6.07, 6.45) is -1.82. The zero-order valence-corrected chi connectivity index (χ0v) is 16.7. The Kier molecular flexibility index (Phi) is 5.18. The fourth-order valence-corrected chi connectivity index (χ4v) is 3.20. The van der Waals surface area contributed by atoms with Crippen LogP contribution in [0.15, 0.2) is 61.1 Å². The molecule has 158 valence electrons. The molecule has 4 rings (SSSR count). The molecule has 3 aromatic heterocycles. The fraction of sp³-hybridized carbons (Fsp3) is 0.182. The Morgan fingerprint density at radius 1 is 1.10 bits per heavy atom. The summed E-state index contributed by atoms with van der Waals surface area (Å²) in [5.41, 5.74) is 3.10. The van der Waals surface area contributed by atoms with Crippen molar-refractivity contribution in [3.63, 3.8) is 0 Å². The highest BCUT2D eigenvalue weighted by Gasteiger charge is 2.32. The van der Waals surface area contributed by atoms with Crippen molar-refractivity contribution in [1.29, 1.82) is 0 Å². The predicted octanol–water partition coefficient (Wildman–Crippen LogP) is 4.61. The lowest BCUT2D eigenvalue weighted by Crippen LogP contribution is -2.27. The first-order chi connectivity index (χ1) is 14.7. The van der Waals surface area contributed by atoms with E-state index >= 15 is 0 Å². The van der Waals surface area contributed by atoms with Gasteiger partial charge >= 0.3 is 6.18 Å². The van der Waals surface area contributed by atoms with E-state index in [0.717, 1.165) is 29.1 Å². The SMILES string of the molecule is Cc1ccc(-c2cc(C(=O)NC(C)c3ccc(C(F)(F)F)nc3)cc3nncn23)cc1. The van der Waals surface area contributed by atoms with Crippen LogP contribution in [0.5, 0.6) is 0 Å². The summed E-state index contributed by atoms with van der Waals surface area (Å²) < 4.78 is 39.9. The zero-order valence-electron chi connectivity index (χ0n) is 16.7. The van der Waals surface area contributed by atoms with Crippen molar-refractivity contribution in [2.45, 2.75) is 26.1 Å². The van der Waals surface area contributed by atoms with Crippen LogP contribution in [0.4, 0.5) is 13.2 Å². The molecule has 1 unspecified atom stereocenters. The molecule has 4 aromatic rings. The lowest BCUT2D eigenvalue weighted by molar-refractivity contribution is -0.141. The van der Waals surface area contributed by atoms with Crippen molar-refractivity contribution in [2.75, 3.05) is 0 Å². The minimum Gasteiger partial charge on any atom is -0.345 e. The van der Waals surface area contributed by atoms with Crippen LogP contribution < -0.4 is 5.32 Å². The summed E-state index contributed by atoms with van der Waals surface area (Å²) in [6, 6.07) is 12.8. The summed E-state index contributed by atoms with van der Waals surface area (Å²) in [5, 5.41) is 10.8. The Morgan fingerprint density at radius 2 is 1.84 bits per heavy atom. The molecule has 1 N–H and O–H groups in total. The minimum atomic E-state index is -4.51. The second-order valence-corrected chi connectivity index (χ2v) is 7.22. The third kappa shape index (κ3) is 4.25. The van der Waals surface area contributed by atoms with Crippen molar-refractivity contribution in [3.8, 4) is 11.3 Å². The van der Waals surface area contributed by atoms with Gasteiger partial charge in [-0.15, -0.1) is 10.2 Å². The average Bonchev–Trinajstić information content (AvgIpc) is 3.22. The number of benzene rings is 1. The Morgan fingerprint density at radius 3 is 2.48 bits per heavy atom. The Bertz CT molecular complexity index is 1230. The van der Waals surface area contributed by atoms with Gasteiger partial charge in [-0.1, -0.05) is 35.9 Å². The third-order valence-electron chi connectivity index (χ3n) is 4.94. The van der Waals surface area contributed by atoms with Gasteiger partial charge in [-0.25, -0.2) is 0 Å². The van der Waals surface area contributed by atoms with Gasteiger partial charge in [0.25, 0.3) is 5.91 Å². The topological polar surface area (TPSA) is 72.2 Å². The van der Waals surface area contributed by atoms with Gasteiger partial charge in [-0.2, -0.15) is 13.2 Å². The van der Waals surface area contributed by atoms with E-state index < -0.39 is 17.9 Å². The van der Waals surface area contributed by atoms with Crippen LogP contribution >= 0.6 is 0 Å². The van der Waals surface area contributed by atoms with E-state index in [1.807, 2.05) is 31.2 Å². The quantitative estimate of drug-likeness (QED) is 0.518. The van der Waals surface area contributed by atoms with Gasteiger partial charge in [-0.3, -0.25) is 14.2 Å². The molecule has 6 nitrogen and oxygen atoms in total. The largest absolute Gasteiger partial charge is 0.433 e. The molecule has 0 aliphatic heterocycles. The van der Waals surface area contributed by atoms with Crippen LogP contribution in [0.2, 0.25) is 0 Å². The highest BCUT2D eigenvalue weighted by Crippen LogP contribution is 2.28. The number of carbonyl (C=O) groups is 1. The number of alkyl halides is 3. The molecule has 0 fully saturated rings.